The van der Waals surface area contributed by atoms with Crippen molar-refractivity contribution in [3.05, 3.63) is 47.5 Å². The Kier molecular flexibility index (Phi) is 5.63. The van der Waals surface area contributed by atoms with Crippen LogP contribution in [0.15, 0.2) is 36.4 Å². The summed E-state index contributed by atoms with van der Waals surface area (Å²) in [4.78, 5) is 14.6. The number of hydrogen-bond donors (Lipinski definition) is 1. The summed E-state index contributed by atoms with van der Waals surface area (Å²) in [6.45, 7) is 14.3. The average Bonchev–Trinajstić information content (AvgIpc) is 3.42. The van der Waals surface area contributed by atoms with E-state index >= 15 is 0 Å². The lowest BCUT2D eigenvalue weighted by atomic mass is 9.59. The summed E-state index contributed by atoms with van der Waals surface area (Å²) in [6, 6.07) is 9.61. The largest absolute Gasteiger partial charge is 0.352 e. The summed E-state index contributed by atoms with van der Waals surface area (Å²) < 4.78 is 0. The molecule has 3 heteroatoms. The minimum atomic E-state index is 0.202. The normalized spacial score (nSPS) is 24.6. The SMILES string of the molecule is C=C1CN(C(C)C2(c3ccc(CNC(=O)CC4CC4)cc3)CCC2)CC(C)(C)C1. The summed E-state index contributed by atoms with van der Waals surface area (Å²) in [6.07, 6.45) is 8.17. The van der Waals surface area contributed by atoms with Gasteiger partial charge in [-0.3, -0.25) is 9.69 Å². The van der Waals surface area contributed by atoms with Crippen molar-refractivity contribution in [2.75, 3.05) is 13.1 Å². The summed E-state index contributed by atoms with van der Waals surface area (Å²) in [5, 5.41) is 3.09. The second-order valence-electron chi connectivity index (χ2n) is 10.8. The molecule has 1 saturated heterocycles. The molecule has 4 rings (SSSR count). The molecule has 3 aliphatic rings. The molecule has 2 aliphatic carbocycles. The van der Waals surface area contributed by atoms with Gasteiger partial charge in [0.15, 0.2) is 0 Å². The zero-order chi connectivity index (χ0) is 20.6. The predicted octanol–water partition coefficient (Wildman–Crippen LogP) is 5.20. The van der Waals surface area contributed by atoms with Crippen LogP contribution in [0.5, 0.6) is 0 Å². The van der Waals surface area contributed by atoms with E-state index in [4.69, 9.17) is 0 Å². The Morgan fingerprint density at radius 1 is 1.24 bits per heavy atom. The lowest BCUT2D eigenvalue weighted by Gasteiger charge is -2.54. The highest BCUT2D eigenvalue weighted by Crippen LogP contribution is 2.49. The number of likely N-dealkylation sites (tertiary alicyclic amines) is 1. The number of nitrogens with one attached hydrogen (secondary N) is 1. The average molecular weight is 395 g/mol. The van der Waals surface area contributed by atoms with Crippen molar-refractivity contribution >= 4 is 5.91 Å². The third kappa shape index (κ3) is 4.60. The van der Waals surface area contributed by atoms with Crippen molar-refractivity contribution < 1.29 is 4.79 Å². The molecule has 1 unspecified atom stereocenters. The van der Waals surface area contributed by atoms with Gasteiger partial charge in [0, 0.05) is 37.5 Å². The van der Waals surface area contributed by atoms with Gasteiger partial charge in [-0.1, -0.05) is 56.7 Å². The number of piperidine rings is 1. The molecule has 0 radical (unpaired) electrons. The highest BCUT2D eigenvalue weighted by molar-refractivity contribution is 5.76. The van der Waals surface area contributed by atoms with E-state index in [0.29, 0.717) is 30.3 Å². The van der Waals surface area contributed by atoms with Gasteiger partial charge >= 0.3 is 0 Å². The number of carbonyl (C=O) groups is 1. The van der Waals surface area contributed by atoms with E-state index < -0.39 is 0 Å². The molecule has 2 saturated carbocycles. The van der Waals surface area contributed by atoms with Crippen molar-refractivity contribution in [2.45, 2.75) is 83.7 Å². The van der Waals surface area contributed by atoms with Crippen molar-refractivity contribution in [3.8, 4) is 0 Å². The van der Waals surface area contributed by atoms with Gasteiger partial charge < -0.3 is 5.32 Å². The minimum Gasteiger partial charge on any atom is -0.352 e. The molecule has 1 amide bonds. The van der Waals surface area contributed by atoms with Crippen molar-refractivity contribution in [1.82, 2.24) is 10.2 Å². The molecule has 1 aliphatic heterocycles. The number of hydrogen-bond acceptors (Lipinski definition) is 2. The Labute approximate surface area is 176 Å². The molecule has 1 N–H and O–H groups in total. The molecule has 1 aromatic carbocycles. The Hall–Kier alpha value is -1.61. The van der Waals surface area contributed by atoms with Crippen LogP contribution in [0.1, 0.15) is 76.8 Å². The molecule has 3 nitrogen and oxygen atoms in total. The molecule has 0 spiro atoms. The van der Waals surface area contributed by atoms with Crippen molar-refractivity contribution in [1.29, 1.82) is 0 Å². The van der Waals surface area contributed by atoms with Gasteiger partial charge in [-0.25, -0.2) is 0 Å². The summed E-state index contributed by atoms with van der Waals surface area (Å²) in [5.41, 5.74) is 4.63. The molecular weight excluding hydrogens is 356 g/mol. The third-order valence-corrected chi connectivity index (χ3v) is 7.57. The molecule has 158 valence electrons. The molecule has 29 heavy (non-hydrogen) atoms. The van der Waals surface area contributed by atoms with Crippen LogP contribution in [0, 0.1) is 11.3 Å². The van der Waals surface area contributed by atoms with Gasteiger partial charge in [-0.15, -0.1) is 0 Å². The van der Waals surface area contributed by atoms with Gasteiger partial charge in [-0.05, 0) is 61.5 Å². The highest BCUT2D eigenvalue weighted by atomic mass is 16.1. The first-order chi connectivity index (χ1) is 13.8. The van der Waals surface area contributed by atoms with E-state index in [9.17, 15) is 4.79 Å². The fourth-order valence-corrected chi connectivity index (χ4v) is 5.62. The summed E-state index contributed by atoms with van der Waals surface area (Å²) in [5.74, 6) is 0.849. The van der Waals surface area contributed by atoms with E-state index in [1.165, 1.54) is 48.8 Å². The molecule has 0 aromatic heterocycles. The predicted molar refractivity (Wildman–Crippen MR) is 120 cm³/mol. The molecular formula is C26H38N2O. The van der Waals surface area contributed by atoms with Crippen LogP contribution >= 0.6 is 0 Å². The van der Waals surface area contributed by atoms with Crippen LogP contribution in [0.3, 0.4) is 0 Å². The van der Waals surface area contributed by atoms with Crippen LogP contribution in [0.4, 0.5) is 0 Å². The first-order valence-corrected chi connectivity index (χ1v) is 11.5. The Balaban J connectivity index is 1.42. The maximum atomic E-state index is 12.0. The highest BCUT2D eigenvalue weighted by Gasteiger charge is 2.47. The summed E-state index contributed by atoms with van der Waals surface area (Å²) in [7, 11) is 0. The first-order valence-electron chi connectivity index (χ1n) is 11.5. The van der Waals surface area contributed by atoms with Crippen LogP contribution in [-0.2, 0) is 16.8 Å². The van der Waals surface area contributed by atoms with Crippen LogP contribution < -0.4 is 5.32 Å². The first kappa shape index (κ1) is 20.7. The molecule has 1 atom stereocenters. The quantitative estimate of drug-likeness (QED) is 0.645. The van der Waals surface area contributed by atoms with E-state index in [1.807, 2.05) is 0 Å². The van der Waals surface area contributed by atoms with Gasteiger partial charge in [0.25, 0.3) is 0 Å². The monoisotopic (exact) mass is 394 g/mol. The minimum absolute atomic E-state index is 0.202. The Bertz CT molecular complexity index is 755. The molecule has 1 aromatic rings. The maximum absolute atomic E-state index is 12.0. The van der Waals surface area contributed by atoms with Crippen molar-refractivity contribution in [3.63, 3.8) is 0 Å². The maximum Gasteiger partial charge on any atom is 0.220 e. The van der Waals surface area contributed by atoms with E-state index in [-0.39, 0.29) is 11.3 Å². The van der Waals surface area contributed by atoms with Gasteiger partial charge in [0.2, 0.25) is 5.91 Å². The number of rotatable bonds is 7. The lowest BCUT2D eigenvalue weighted by molar-refractivity contribution is -0.121. The number of nitrogens with zero attached hydrogens (tertiary/aromatic N) is 1. The zero-order valence-corrected chi connectivity index (χ0v) is 18.6. The topological polar surface area (TPSA) is 32.3 Å². The number of carbonyl (C=O) groups excluding carboxylic acids is 1. The standard InChI is InChI=1S/C26H38N2O/c1-19-15-25(3,4)18-28(17-19)20(2)26(12-5-13-26)23-10-8-22(9-11-23)16-27-24(29)14-21-6-7-21/h8-11,20-21H,1,5-7,12-18H2,2-4H3,(H,27,29). The zero-order valence-electron chi connectivity index (χ0n) is 18.6. The van der Waals surface area contributed by atoms with Gasteiger partial charge in [-0.2, -0.15) is 0 Å². The second-order valence-corrected chi connectivity index (χ2v) is 10.8. The lowest BCUT2D eigenvalue weighted by Crippen LogP contribution is -2.56. The van der Waals surface area contributed by atoms with Crippen LogP contribution in [0.25, 0.3) is 0 Å². The number of amides is 1. The summed E-state index contributed by atoms with van der Waals surface area (Å²) >= 11 is 0. The van der Waals surface area contributed by atoms with Gasteiger partial charge in [0.05, 0.1) is 0 Å². The van der Waals surface area contributed by atoms with E-state index in [1.54, 1.807) is 0 Å². The fourth-order valence-electron chi connectivity index (χ4n) is 5.62. The second kappa shape index (κ2) is 7.91. The smallest absolute Gasteiger partial charge is 0.220 e. The Morgan fingerprint density at radius 2 is 1.93 bits per heavy atom. The van der Waals surface area contributed by atoms with E-state index in [2.05, 4.69) is 61.8 Å². The van der Waals surface area contributed by atoms with Crippen LogP contribution in [-0.4, -0.2) is 29.9 Å². The van der Waals surface area contributed by atoms with E-state index in [0.717, 1.165) is 19.5 Å². The fraction of sp³-hybridized carbons (Fsp3) is 0.654. The van der Waals surface area contributed by atoms with Crippen molar-refractivity contribution in [2.24, 2.45) is 11.3 Å². The molecule has 0 bridgehead atoms. The Morgan fingerprint density at radius 3 is 2.48 bits per heavy atom. The van der Waals surface area contributed by atoms with Gasteiger partial charge in [0.1, 0.15) is 0 Å². The molecule has 3 fully saturated rings. The third-order valence-electron chi connectivity index (χ3n) is 7.57. The number of benzene rings is 1. The molecule has 1 heterocycles. The van der Waals surface area contributed by atoms with Crippen LogP contribution in [0.2, 0.25) is 0 Å².